The molecule has 0 aromatic heterocycles. The zero-order valence-electron chi connectivity index (χ0n) is 36.6. The van der Waals surface area contributed by atoms with Crippen LogP contribution in [0.15, 0.2) is 96.6 Å². The molecule has 6 aliphatic rings. The second kappa shape index (κ2) is 17.0. The molecule has 3 saturated carbocycles. The molecule has 0 radical (unpaired) electrons. The van der Waals surface area contributed by atoms with E-state index in [1.807, 2.05) is 0 Å². The van der Waals surface area contributed by atoms with Crippen LogP contribution in [0.1, 0.15) is 71.7 Å². The Kier molecular flexibility index (Phi) is 12.0. The van der Waals surface area contributed by atoms with E-state index >= 15 is 8.78 Å². The van der Waals surface area contributed by atoms with E-state index < -0.39 is 107 Å². The zero-order valence-corrected chi connectivity index (χ0v) is 36.6. The van der Waals surface area contributed by atoms with Gasteiger partial charge in [0.15, 0.2) is 29.1 Å². The van der Waals surface area contributed by atoms with E-state index in [0.29, 0.717) is 28.3 Å². The lowest BCUT2D eigenvalue weighted by Gasteiger charge is -2.63. The topological polar surface area (TPSA) is 198 Å². The van der Waals surface area contributed by atoms with E-state index in [4.69, 9.17) is 14.2 Å². The van der Waals surface area contributed by atoms with Crippen molar-refractivity contribution >= 4 is 40.9 Å². The van der Waals surface area contributed by atoms with Gasteiger partial charge in [0.1, 0.15) is 24.3 Å². The average Bonchev–Trinajstić information content (AvgIpc) is 3.90. The van der Waals surface area contributed by atoms with Crippen LogP contribution in [-0.2, 0) is 38.2 Å². The molecular weight excluding hydrogens is 845 g/mol. The Bertz CT molecular complexity index is 2400. The predicted molar refractivity (Wildman–Crippen MR) is 230 cm³/mol. The van der Waals surface area contributed by atoms with Gasteiger partial charge in [-0.3, -0.25) is 33.7 Å². The third kappa shape index (κ3) is 7.57. The minimum atomic E-state index is -2.25. The summed E-state index contributed by atoms with van der Waals surface area (Å²) in [5.41, 5.74) is -4.86. The third-order valence-electron chi connectivity index (χ3n) is 14.8. The molecule has 16 heteroatoms. The number of carbonyl (C=O) groups is 6. The molecule has 8 rings (SSSR count). The van der Waals surface area contributed by atoms with Crippen LogP contribution in [0.25, 0.3) is 0 Å². The molecule has 4 N–H and O–H groups in total. The highest BCUT2D eigenvalue weighted by Gasteiger charge is 2.80. The van der Waals surface area contributed by atoms with E-state index in [2.05, 4.69) is 17.2 Å². The van der Waals surface area contributed by atoms with Gasteiger partial charge < -0.3 is 35.1 Å². The summed E-state index contributed by atoms with van der Waals surface area (Å²) in [5, 5.41) is 27.4. The zero-order chi connectivity index (χ0) is 46.8. The molecule has 0 unspecified atom stereocenters. The highest BCUT2D eigenvalue weighted by atomic mass is 19.1. The Morgan fingerprint density at radius 3 is 2.26 bits per heavy atom. The Hall–Kier alpha value is -5.68. The molecule has 2 heterocycles. The van der Waals surface area contributed by atoms with Crippen molar-refractivity contribution in [2.45, 2.75) is 102 Å². The van der Waals surface area contributed by atoms with Crippen molar-refractivity contribution in [1.82, 2.24) is 10.2 Å². The molecule has 65 heavy (non-hydrogen) atoms. The Morgan fingerprint density at radius 2 is 1.62 bits per heavy atom. The van der Waals surface area contributed by atoms with E-state index in [9.17, 15) is 39.0 Å². The lowest BCUT2D eigenvalue weighted by molar-refractivity contribution is -0.235. The van der Waals surface area contributed by atoms with Crippen molar-refractivity contribution in [3.8, 4) is 11.5 Å². The number of hydrogen-bond donors (Lipinski definition) is 4. The first-order valence-electron chi connectivity index (χ1n) is 21.9. The molecule has 4 aliphatic carbocycles. The molecule has 0 bridgehead atoms. The summed E-state index contributed by atoms with van der Waals surface area (Å²) in [7, 11) is 0. The summed E-state index contributed by atoms with van der Waals surface area (Å²) in [6, 6.07) is 12.4. The number of benzene rings is 2. The Labute approximate surface area is 374 Å². The largest absolute Gasteiger partial charge is 0.457 e. The van der Waals surface area contributed by atoms with Crippen LogP contribution < -0.4 is 15.4 Å². The molecule has 4 fully saturated rings. The number of aliphatic hydroxyl groups is 2. The molecule has 2 aliphatic heterocycles. The third-order valence-corrected chi connectivity index (χ3v) is 14.8. The summed E-state index contributed by atoms with van der Waals surface area (Å²) in [5.74, 6) is -4.41. The summed E-state index contributed by atoms with van der Waals surface area (Å²) in [6.45, 7) is 9.37. The van der Waals surface area contributed by atoms with Crippen LogP contribution in [0, 0.1) is 28.6 Å². The molecule has 344 valence electrons. The normalized spacial score (nSPS) is 34.2. The fourth-order valence-electron chi connectivity index (χ4n) is 11.3. The lowest BCUT2D eigenvalue weighted by Crippen LogP contribution is -2.70. The lowest BCUT2D eigenvalue weighted by atomic mass is 9.44. The number of ketones is 2. The van der Waals surface area contributed by atoms with Crippen molar-refractivity contribution in [3.63, 3.8) is 0 Å². The van der Waals surface area contributed by atoms with Gasteiger partial charge in [-0.1, -0.05) is 50.8 Å². The first-order valence-corrected chi connectivity index (χ1v) is 21.9. The van der Waals surface area contributed by atoms with Crippen LogP contribution in [0.4, 0.5) is 14.5 Å². The molecular formula is C49H53F2N3O11. The monoisotopic (exact) mass is 897 g/mol. The number of nitrogens with zero attached hydrogens (tertiary/aromatic N) is 1. The van der Waals surface area contributed by atoms with Gasteiger partial charge in [-0.15, -0.1) is 0 Å². The number of Topliss-reactive ketones (excluding diaryl/α,β-unsaturated/α-hetero) is 2. The number of hydrogen-bond acceptors (Lipinski definition) is 11. The van der Waals surface area contributed by atoms with Crippen molar-refractivity contribution in [2.24, 2.45) is 28.6 Å². The van der Waals surface area contributed by atoms with Crippen LogP contribution in [-0.4, -0.2) is 99.2 Å². The number of alkyl halides is 2. The standard InChI is InChI=1S/C49H53F2N3O11/c1-26-16-18-46(4)35(20-26)36(50)22-34-33-23-40-49(39(58)25-55,47(33,5)24-38(57)48(34,46)51)65-45(64-40)29-6-10-31(11-7-29)63-32-12-8-30(9-13-32)53-44(62)27(2)21-37(56)28(3)52-41(59)17-19-54-42(60)14-15-43(54)61/h6-16,18,20,27-28,33-34,36,38,40,45,55,57H,1,17,19,21-25H2,2-5H3,(H,52,59)(H,53,62)/t27-,28+,33+,34+,36+,38+,40-,45-,46+,47+,48+,49-/m1/s1. The van der Waals surface area contributed by atoms with Gasteiger partial charge in [0.2, 0.25) is 11.8 Å². The first kappa shape index (κ1) is 45.9. The number of nitrogens with one attached hydrogen (secondary N) is 2. The van der Waals surface area contributed by atoms with Gasteiger partial charge >= 0.3 is 0 Å². The Balaban J connectivity index is 0.866. The second-order valence-electron chi connectivity index (χ2n) is 18.6. The number of halogens is 2. The summed E-state index contributed by atoms with van der Waals surface area (Å²) >= 11 is 0. The predicted octanol–water partition coefficient (Wildman–Crippen LogP) is 5.46. The van der Waals surface area contributed by atoms with E-state index in [-0.39, 0.29) is 50.0 Å². The van der Waals surface area contributed by atoms with Crippen LogP contribution in [0.3, 0.4) is 0 Å². The fraction of sp³-hybridized carbons (Fsp3) is 0.469. The average molecular weight is 898 g/mol. The Morgan fingerprint density at radius 1 is 0.969 bits per heavy atom. The molecule has 0 spiro atoms. The maximum absolute atomic E-state index is 17.8. The van der Waals surface area contributed by atoms with Crippen molar-refractivity contribution < 1.29 is 62.0 Å². The van der Waals surface area contributed by atoms with Gasteiger partial charge in [0, 0.05) is 65.5 Å². The fourth-order valence-corrected chi connectivity index (χ4v) is 11.3. The highest BCUT2D eigenvalue weighted by Crippen LogP contribution is 2.72. The van der Waals surface area contributed by atoms with E-state index in [1.165, 1.54) is 6.92 Å². The smallest absolute Gasteiger partial charge is 0.253 e. The van der Waals surface area contributed by atoms with Crippen LogP contribution in [0.2, 0.25) is 0 Å². The van der Waals surface area contributed by atoms with Crippen molar-refractivity contribution in [3.05, 3.63) is 102 Å². The minimum absolute atomic E-state index is 0.115. The first-order chi connectivity index (χ1) is 30.7. The van der Waals surface area contributed by atoms with Crippen molar-refractivity contribution in [1.29, 1.82) is 0 Å². The number of fused-ring (bicyclic) bond motifs is 7. The number of allylic oxidation sites excluding steroid dienone is 5. The van der Waals surface area contributed by atoms with Crippen molar-refractivity contribution in [2.75, 3.05) is 18.5 Å². The number of amides is 4. The van der Waals surface area contributed by atoms with Gasteiger partial charge in [0.25, 0.3) is 11.8 Å². The van der Waals surface area contributed by atoms with Gasteiger partial charge in [-0.2, -0.15) is 0 Å². The van der Waals surface area contributed by atoms with Gasteiger partial charge in [-0.25, -0.2) is 8.78 Å². The minimum Gasteiger partial charge on any atom is -0.457 e. The molecule has 14 nitrogen and oxygen atoms in total. The molecule has 12 atom stereocenters. The summed E-state index contributed by atoms with van der Waals surface area (Å²) in [6.07, 6.45) is 1.47. The number of rotatable bonds is 14. The number of ether oxygens (including phenoxy) is 3. The summed E-state index contributed by atoms with van der Waals surface area (Å²) < 4.78 is 52.9. The number of carbonyl (C=O) groups excluding carboxylic acids is 6. The molecule has 4 amide bonds. The molecule has 1 saturated heterocycles. The maximum Gasteiger partial charge on any atom is 0.253 e. The molecule has 2 aromatic rings. The van der Waals surface area contributed by atoms with E-state index in [1.54, 1.807) is 87.5 Å². The van der Waals surface area contributed by atoms with E-state index in [0.717, 1.165) is 17.1 Å². The van der Waals surface area contributed by atoms with Gasteiger partial charge in [0.05, 0.1) is 18.2 Å². The maximum atomic E-state index is 17.8. The summed E-state index contributed by atoms with van der Waals surface area (Å²) in [4.78, 5) is 76.3. The number of imide groups is 1. The second-order valence-corrected chi connectivity index (χ2v) is 18.6. The van der Waals surface area contributed by atoms with Crippen LogP contribution >= 0.6 is 0 Å². The quantitative estimate of drug-likeness (QED) is 0.176. The SMILES string of the molecule is C=C1C=C[C@@]2(C)C(=C1)[C@@H](F)C[C@H]1[C@@H]3C[C@H]4O[C@@H](c5ccc(Oc6ccc(NC(=O)[C@H](C)CC(=O)[C@H](C)NC(=O)CCN7C(=O)C=CC7=O)cc6)cc5)O[C@@]4(C(=O)CO)[C@@]3(C)C[C@H](O)[C@@]12F. The number of aliphatic hydroxyl groups excluding tert-OH is 2. The molecule has 2 aromatic carbocycles. The number of anilines is 1. The highest BCUT2D eigenvalue weighted by molar-refractivity contribution is 6.13. The van der Waals surface area contributed by atoms with Crippen LogP contribution in [0.5, 0.6) is 11.5 Å². The van der Waals surface area contributed by atoms with Gasteiger partial charge in [-0.05, 0) is 86.6 Å².